The van der Waals surface area contributed by atoms with Crippen LogP contribution in [-0.4, -0.2) is 52.5 Å². The average Bonchev–Trinajstić information content (AvgIpc) is 2.94. The highest BCUT2D eigenvalue weighted by molar-refractivity contribution is 5.88. The third-order valence-corrected chi connectivity index (χ3v) is 4.16. The maximum absolute atomic E-state index is 11.6. The topological polar surface area (TPSA) is 74.0 Å². The molecule has 2 fully saturated rings. The molecule has 3 heterocycles. The Labute approximate surface area is 117 Å². The van der Waals surface area contributed by atoms with Gasteiger partial charge in [0.1, 0.15) is 17.1 Å². The van der Waals surface area contributed by atoms with E-state index in [1.807, 2.05) is 4.90 Å². The summed E-state index contributed by atoms with van der Waals surface area (Å²) in [6.45, 7) is 4.68. The van der Waals surface area contributed by atoms with Crippen LogP contribution in [0.1, 0.15) is 34.7 Å². The number of fused-ring (bicyclic) bond motifs is 1. The Morgan fingerprint density at radius 2 is 2.30 bits per heavy atom. The molecule has 0 bridgehead atoms. The predicted octanol–water partition coefficient (Wildman–Crippen LogP) is 1.09. The number of aromatic carboxylic acids is 1. The highest BCUT2D eigenvalue weighted by Gasteiger charge is 2.35. The standard InChI is InChI=1S/C14H18N2O4/c1-9-12(14(18)19)6-11(20-9)8-15-4-5-16-10(7-15)2-3-13(16)17/h6,10H,2-5,7-8H2,1H3,(H,18,19). The minimum absolute atomic E-state index is 0.231. The predicted molar refractivity (Wildman–Crippen MR) is 70.4 cm³/mol. The summed E-state index contributed by atoms with van der Waals surface area (Å²) < 4.78 is 5.51. The van der Waals surface area contributed by atoms with E-state index < -0.39 is 5.97 Å². The maximum Gasteiger partial charge on any atom is 0.339 e. The van der Waals surface area contributed by atoms with Gasteiger partial charge in [-0.1, -0.05) is 0 Å². The summed E-state index contributed by atoms with van der Waals surface area (Å²) in [5.41, 5.74) is 0.231. The van der Waals surface area contributed by atoms with Crippen LogP contribution < -0.4 is 0 Å². The van der Waals surface area contributed by atoms with Crippen molar-refractivity contribution in [3.63, 3.8) is 0 Å². The number of rotatable bonds is 3. The minimum atomic E-state index is -0.955. The summed E-state index contributed by atoms with van der Waals surface area (Å²) in [6.07, 6.45) is 1.58. The Bertz CT molecular complexity index is 551. The van der Waals surface area contributed by atoms with E-state index in [9.17, 15) is 9.59 Å². The average molecular weight is 278 g/mol. The van der Waals surface area contributed by atoms with Crippen LogP contribution in [0.15, 0.2) is 10.5 Å². The monoisotopic (exact) mass is 278 g/mol. The first-order chi connectivity index (χ1) is 9.54. The van der Waals surface area contributed by atoms with E-state index in [2.05, 4.69) is 4.90 Å². The van der Waals surface area contributed by atoms with Gasteiger partial charge in [0.15, 0.2) is 0 Å². The summed E-state index contributed by atoms with van der Waals surface area (Å²) in [5.74, 6) is 0.431. The first-order valence-corrected chi connectivity index (χ1v) is 6.89. The Hall–Kier alpha value is -1.82. The lowest BCUT2D eigenvalue weighted by Gasteiger charge is -2.37. The summed E-state index contributed by atoms with van der Waals surface area (Å²) in [4.78, 5) is 26.8. The number of piperazine rings is 1. The molecule has 1 unspecified atom stereocenters. The van der Waals surface area contributed by atoms with Crippen molar-refractivity contribution in [1.82, 2.24) is 9.80 Å². The van der Waals surface area contributed by atoms with Crippen LogP contribution in [0.5, 0.6) is 0 Å². The molecule has 1 aromatic rings. The summed E-state index contributed by atoms with van der Waals surface area (Å²) in [6, 6.07) is 1.91. The first-order valence-electron chi connectivity index (χ1n) is 6.89. The molecule has 3 rings (SSSR count). The molecule has 20 heavy (non-hydrogen) atoms. The Morgan fingerprint density at radius 1 is 1.50 bits per heavy atom. The fourth-order valence-corrected chi connectivity index (χ4v) is 3.13. The number of furan rings is 1. The second-order valence-corrected chi connectivity index (χ2v) is 5.50. The van der Waals surface area contributed by atoms with Crippen LogP contribution >= 0.6 is 0 Å². The molecule has 0 aromatic carbocycles. The van der Waals surface area contributed by atoms with Gasteiger partial charge in [-0.2, -0.15) is 0 Å². The molecule has 2 saturated heterocycles. The zero-order chi connectivity index (χ0) is 14.3. The molecule has 2 aliphatic heterocycles. The van der Waals surface area contributed by atoms with E-state index in [4.69, 9.17) is 9.52 Å². The number of aryl methyl sites for hydroxylation is 1. The molecular weight excluding hydrogens is 260 g/mol. The Kier molecular flexibility index (Phi) is 3.25. The fourth-order valence-electron chi connectivity index (χ4n) is 3.13. The van der Waals surface area contributed by atoms with Crippen molar-refractivity contribution in [2.45, 2.75) is 32.4 Å². The molecule has 6 nitrogen and oxygen atoms in total. The van der Waals surface area contributed by atoms with Gasteiger partial charge in [0.2, 0.25) is 5.91 Å². The van der Waals surface area contributed by atoms with Gasteiger partial charge >= 0.3 is 5.97 Å². The van der Waals surface area contributed by atoms with E-state index >= 15 is 0 Å². The third kappa shape index (κ3) is 2.31. The highest BCUT2D eigenvalue weighted by Crippen LogP contribution is 2.24. The number of carboxylic acid groups (broad SMARTS) is 1. The van der Waals surface area contributed by atoms with Gasteiger partial charge in [-0.05, 0) is 19.4 Å². The number of carboxylic acids is 1. The van der Waals surface area contributed by atoms with Crippen molar-refractivity contribution < 1.29 is 19.1 Å². The summed E-state index contributed by atoms with van der Waals surface area (Å²) in [5, 5.41) is 9.02. The molecule has 1 aromatic heterocycles. The number of carbonyl (C=O) groups is 2. The molecule has 1 N–H and O–H groups in total. The number of nitrogens with zero attached hydrogens (tertiary/aromatic N) is 2. The van der Waals surface area contributed by atoms with Gasteiger partial charge in [-0.25, -0.2) is 4.79 Å². The summed E-state index contributed by atoms with van der Waals surface area (Å²) in [7, 11) is 0. The zero-order valence-electron chi connectivity index (χ0n) is 11.5. The second kappa shape index (κ2) is 4.94. The number of hydrogen-bond donors (Lipinski definition) is 1. The largest absolute Gasteiger partial charge is 0.478 e. The van der Waals surface area contributed by atoms with Gasteiger partial charge in [0.25, 0.3) is 0 Å². The molecule has 1 atom stereocenters. The van der Waals surface area contributed by atoms with Crippen molar-refractivity contribution >= 4 is 11.9 Å². The quantitative estimate of drug-likeness (QED) is 0.896. The van der Waals surface area contributed by atoms with Crippen LogP contribution in [-0.2, 0) is 11.3 Å². The number of carbonyl (C=O) groups excluding carboxylic acids is 1. The number of hydrogen-bond acceptors (Lipinski definition) is 4. The van der Waals surface area contributed by atoms with E-state index in [0.29, 0.717) is 30.5 Å². The fraction of sp³-hybridized carbons (Fsp3) is 0.571. The van der Waals surface area contributed by atoms with Crippen molar-refractivity contribution in [3.8, 4) is 0 Å². The molecule has 6 heteroatoms. The van der Waals surface area contributed by atoms with Crippen LogP contribution in [0.4, 0.5) is 0 Å². The van der Waals surface area contributed by atoms with Crippen LogP contribution in [0.25, 0.3) is 0 Å². The zero-order valence-corrected chi connectivity index (χ0v) is 11.5. The Morgan fingerprint density at radius 3 is 3.00 bits per heavy atom. The Balaban J connectivity index is 1.66. The molecule has 0 saturated carbocycles. The lowest BCUT2D eigenvalue weighted by atomic mass is 10.1. The van der Waals surface area contributed by atoms with E-state index in [1.165, 1.54) is 0 Å². The van der Waals surface area contributed by atoms with E-state index in [-0.39, 0.29) is 11.5 Å². The van der Waals surface area contributed by atoms with Gasteiger partial charge in [-0.15, -0.1) is 0 Å². The third-order valence-electron chi connectivity index (χ3n) is 4.16. The normalized spacial score (nSPS) is 23.1. The molecule has 0 radical (unpaired) electrons. The minimum Gasteiger partial charge on any atom is -0.478 e. The maximum atomic E-state index is 11.6. The van der Waals surface area contributed by atoms with Gasteiger partial charge in [0, 0.05) is 32.1 Å². The van der Waals surface area contributed by atoms with Crippen molar-refractivity contribution in [1.29, 1.82) is 0 Å². The summed E-state index contributed by atoms with van der Waals surface area (Å²) >= 11 is 0. The van der Waals surface area contributed by atoms with Crippen LogP contribution in [0, 0.1) is 6.92 Å². The van der Waals surface area contributed by atoms with Crippen molar-refractivity contribution in [2.75, 3.05) is 19.6 Å². The highest BCUT2D eigenvalue weighted by atomic mass is 16.4. The SMILES string of the molecule is Cc1oc(CN2CCN3C(=O)CCC3C2)cc1C(=O)O. The molecular formula is C14H18N2O4. The lowest BCUT2D eigenvalue weighted by Crippen LogP contribution is -2.50. The molecule has 1 amide bonds. The number of amides is 1. The molecule has 0 spiro atoms. The lowest BCUT2D eigenvalue weighted by molar-refractivity contribution is -0.130. The molecule has 108 valence electrons. The van der Waals surface area contributed by atoms with Crippen LogP contribution in [0.3, 0.4) is 0 Å². The van der Waals surface area contributed by atoms with E-state index in [0.717, 1.165) is 26.1 Å². The van der Waals surface area contributed by atoms with Crippen molar-refractivity contribution in [3.05, 3.63) is 23.2 Å². The second-order valence-electron chi connectivity index (χ2n) is 5.50. The van der Waals surface area contributed by atoms with Gasteiger partial charge < -0.3 is 14.4 Å². The van der Waals surface area contributed by atoms with Crippen molar-refractivity contribution in [2.24, 2.45) is 0 Å². The first kappa shape index (κ1) is 13.2. The van der Waals surface area contributed by atoms with Crippen LogP contribution in [0.2, 0.25) is 0 Å². The van der Waals surface area contributed by atoms with Gasteiger partial charge in [0.05, 0.1) is 6.54 Å². The molecule has 2 aliphatic rings. The smallest absolute Gasteiger partial charge is 0.339 e. The van der Waals surface area contributed by atoms with E-state index in [1.54, 1.807) is 13.0 Å². The van der Waals surface area contributed by atoms with Gasteiger partial charge in [-0.3, -0.25) is 9.69 Å². The molecule has 0 aliphatic carbocycles.